The van der Waals surface area contributed by atoms with Crippen molar-refractivity contribution in [3.8, 4) is 67.0 Å². The van der Waals surface area contributed by atoms with Crippen LogP contribution >= 0.6 is 0 Å². The molecule has 59 heavy (non-hydrogen) atoms. The van der Waals surface area contributed by atoms with Crippen molar-refractivity contribution in [2.45, 2.75) is 38.9 Å². The molecule has 0 saturated carbocycles. The molecular formula is C54H43BN2O2. The lowest BCUT2D eigenvalue weighted by Gasteiger charge is -2.32. The summed E-state index contributed by atoms with van der Waals surface area (Å²) in [6.45, 7) is 8.41. The molecule has 1 aliphatic heterocycles. The Morgan fingerprint density at radius 3 is 1.17 bits per heavy atom. The Labute approximate surface area is 346 Å². The van der Waals surface area contributed by atoms with Crippen molar-refractivity contribution < 1.29 is 9.31 Å². The van der Waals surface area contributed by atoms with Gasteiger partial charge in [0.15, 0.2) is 0 Å². The molecule has 1 fully saturated rings. The summed E-state index contributed by atoms with van der Waals surface area (Å²) >= 11 is 0. The Balaban J connectivity index is 1.07. The average molecular weight is 763 g/mol. The molecule has 0 N–H and O–H groups in total. The largest absolute Gasteiger partial charge is 0.494 e. The Morgan fingerprint density at radius 1 is 0.373 bits per heavy atom. The molecule has 0 aliphatic carbocycles. The van der Waals surface area contributed by atoms with Crippen LogP contribution in [0.4, 0.5) is 0 Å². The number of hydrogen-bond donors (Lipinski definition) is 0. The molecule has 5 heteroatoms. The Kier molecular flexibility index (Phi) is 9.09. The van der Waals surface area contributed by atoms with E-state index in [1.54, 1.807) is 0 Å². The van der Waals surface area contributed by atoms with Gasteiger partial charge in [0.1, 0.15) is 0 Å². The van der Waals surface area contributed by atoms with E-state index in [4.69, 9.17) is 19.3 Å². The first-order valence-electron chi connectivity index (χ1n) is 20.3. The van der Waals surface area contributed by atoms with Gasteiger partial charge in [-0.2, -0.15) is 0 Å². The fourth-order valence-electron chi connectivity index (χ4n) is 8.37. The van der Waals surface area contributed by atoms with E-state index in [-0.39, 0.29) is 0 Å². The van der Waals surface area contributed by atoms with Gasteiger partial charge in [-0.05, 0) is 106 Å². The van der Waals surface area contributed by atoms with Gasteiger partial charge in [-0.15, -0.1) is 0 Å². The van der Waals surface area contributed by atoms with Gasteiger partial charge in [0, 0.05) is 34.6 Å². The Hall–Kier alpha value is -6.66. The topological polar surface area (TPSA) is 44.2 Å². The zero-order valence-corrected chi connectivity index (χ0v) is 33.7. The van der Waals surface area contributed by atoms with Crippen LogP contribution in [-0.4, -0.2) is 28.3 Å². The van der Waals surface area contributed by atoms with Crippen molar-refractivity contribution in [2.75, 3.05) is 0 Å². The van der Waals surface area contributed by atoms with Gasteiger partial charge in [0.25, 0.3) is 0 Å². The molecular weight excluding hydrogens is 719 g/mol. The monoisotopic (exact) mass is 762 g/mol. The summed E-state index contributed by atoms with van der Waals surface area (Å²) in [6.07, 6.45) is 4.00. The van der Waals surface area contributed by atoms with E-state index in [0.717, 1.165) is 72.5 Å². The molecule has 0 atom stereocenters. The quantitative estimate of drug-likeness (QED) is 0.152. The zero-order chi connectivity index (χ0) is 40.1. The van der Waals surface area contributed by atoms with E-state index in [0.29, 0.717) is 0 Å². The SMILES string of the molecule is CC1(C)OB(c2cc(-c3ccccc3-c3ccc(-c4cccc5ccccc45)nc3)cc(-c3ccccc3-c3ccc(-c4cccc5ccccc45)nc3)c2)OC1(C)C. The second-order valence-electron chi connectivity index (χ2n) is 16.4. The van der Waals surface area contributed by atoms with Crippen molar-refractivity contribution in [1.82, 2.24) is 9.97 Å². The number of aromatic nitrogens is 2. The van der Waals surface area contributed by atoms with Crippen molar-refractivity contribution in [1.29, 1.82) is 0 Å². The van der Waals surface area contributed by atoms with Gasteiger partial charge in [-0.1, -0.05) is 158 Å². The maximum Gasteiger partial charge on any atom is 0.494 e. The summed E-state index contributed by atoms with van der Waals surface area (Å²) in [5.41, 5.74) is 12.8. The van der Waals surface area contributed by atoms with Gasteiger partial charge in [0.2, 0.25) is 0 Å². The third-order valence-corrected chi connectivity index (χ3v) is 12.2. The molecule has 1 saturated heterocycles. The standard InChI is InChI=1S/C54H43BN2O2/c1-53(2)54(3,4)59-55(58-53)42-32-40(47-23-11-9-21-45(47)38-27-29-51(56-34-38)49-25-13-17-36-15-5-7-19-43(36)49)31-41(33-42)48-24-12-10-22-46(48)39-28-30-52(57-35-39)50-26-14-18-37-16-6-8-20-44(37)50/h5-35H,1-4H3. The smallest absolute Gasteiger partial charge is 0.399 e. The van der Waals surface area contributed by atoms with Crippen LogP contribution < -0.4 is 5.46 Å². The van der Waals surface area contributed by atoms with E-state index >= 15 is 0 Å². The summed E-state index contributed by atoms with van der Waals surface area (Å²) in [6, 6.07) is 62.3. The molecule has 0 spiro atoms. The second kappa shape index (κ2) is 14.6. The summed E-state index contributed by atoms with van der Waals surface area (Å²) in [5.74, 6) is 0. The number of rotatable bonds is 7. The number of pyridine rings is 2. The number of fused-ring (bicyclic) bond motifs is 2. The van der Waals surface area contributed by atoms with Crippen molar-refractivity contribution in [2.24, 2.45) is 0 Å². The molecule has 0 amide bonds. The first-order chi connectivity index (χ1) is 28.7. The number of benzene rings is 7. The molecule has 2 aromatic heterocycles. The van der Waals surface area contributed by atoms with Crippen LogP contribution in [0.2, 0.25) is 0 Å². The summed E-state index contributed by atoms with van der Waals surface area (Å²) in [5, 5.41) is 4.79. The maximum absolute atomic E-state index is 6.69. The fourth-order valence-corrected chi connectivity index (χ4v) is 8.37. The minimum atomic E-state index is -0.540. The molecule has 10 rings (SSSR count). The molecule has 3 heterocycles. The van der Waals surface area contributed by atoms with Crippen LogP contribution in [-0.2, 0) is 9.31 Å². The van der Waals surface area contributed by atoms with Crippen molar-refractivity contribution >= 4 is 34.1 Å². The van der Waals surface area contributed by atoms with Crippen LogP contribution in [0.25, 0.3) is 88.6 Å². The van der Waals surface area contributed by atoms with Gasteiger partial charge < -0.3 is 9.31 Å². The van der Waals surface area contributed by atoms with Gasteiger partial charge in [-0.25, -0.2) is 0 Å². The van der Waals surface area contributed by atoms with E-state index in [1.807, 2.05) is 12.4 Å². The van der Waals surface area contributed by atoms with Crippen LogP contribution in [0.1, 0.15) is 27.7 Å². The second-order valence-corrected chi connectivity index (χ2v) is 16.4. The third kappa shape index (κ3) is 6.73. The molecule has 0 bridgehead atoms. The summed E-state index contributed by atoms with van der Waals surface area (Å²) in [4.78, 5) is 10.1. The van der Waals surface area contributed by atoms with Gasteiger partial charge >= 0.3 is 7.12 Å². The molecule has 4 nitrogen and oxygen atoms in total. The van der Waals surface area contributed by atoms with Crippen molar-refractivity contribution in [3.05, 3.63) is 188 Å². The highest BCUT2D eigenvalue weighted by Gasteiger charge is 2.51. The number of hydrogen-bond acceptors (Lipinski definition) is 4. The van der Waals surface area contributed by atoms with Gasteiger partial charge in [-0.3, -0.25) is 9.97 Å². The first kappa shape index (κ1) is 36.7. The predicted octanol–water partition coefficient (Wildman–Crippen LogP) is 13.1. The van der Waals surface area contributed by atoms with Crippen LogP contribution in [0.3, 0.4) is 0 Å². The molecule has 7 aromatic carbocycles. The zero-order valence-electron chi connectivity index (χ0n) is 33.7. The molecule has 0 unspecified atom stereocenters. The van der Waals surface area contributed by atoms with E-state index < -0.39 is 18.3 Å². The average Bonchev–Trinajstić information content (AvgIpc) is 3.51. The van der Waals surface area contributed by atoms with Crippen LogP contribution in [0, 0.1) is 0 Å². The maximum atomic E-state index is 6.69. The van der Waals surface area contributed by atoms with E-state index in [1.165, 1.54) is 21.5 Å². The molecule has 0 radical (unpaired) electrons. The highest BCUT2D eigenvalue weighted by atomic mass is 16.7. The van der Waals surface area contributed by atoms with Crippen molar-refractivity contribution in [3.63, 3.8) is 0 Å². The highest BCUT2D eigenvalue weighted by Crippen LogP contribution is 2.41. The molecule has 284 valence electrons. The third-order valence-electron chi connectivity index (χ3n) is 12.2. The Morgan fingerprint density at radius 2 is 0.746 bits per heavy atom. The summed E-state index contributed by atoms with van der Waals surface area (Å²) < 4.78 is 13.4. The normalized spacial score (nSPS) is 14.5. The van der Waals surface area contributed by atoms with Gasteiger partial charge in [0.05, 0.1) is 22.6 Å². The van der Waals surface area contributed by atoms with Crippen LogP contribution in [0.15, 0.2) is 188 Å². The highest BCUT2D eigenvalue weighted by molar-refractivity contribution is 6.62. The summed E-state index contributed by atoms with van der Waals surface area (Å²) in [7, 11) is -0.540. The van der Waals surface area contributed by atoms with Crippen LogP contribution in [0.5, 0.6) is 0 Å². The fraction of sp³-hybridized carbons (Fsp3) is 0.111. The Bertz CT molecular complexity index is 2800. The van der Waals surface area contributed by atoms with E-state index in [9.17, 15) is 0 Å². The minimum Gasteiger partial charge on any atom is -0.399 e. The number of nitrogens with zero attached hydrogens (tertiary/aromatic N) is 2. The van der Waals surface area contributed by atoms with E-state index in [2.05, 4.69) is 204 Å². The lowest BCUT2D eigenvalue weighted by atomic mass is 9.75. The lowest BCUT2D eigenvalue weighted by Crippen LogP contribution is -2.41. The minimum absolute atomic E-state index is 0.487. The molecule has 9 aromatic rings. The lowest BCUT2D eigenvalue weighted by molar-refractivity contribution is 0.00578. The predicted molar refractivity (Wildman–Crippen MR) is 245 cm³/mol. The molecule has 1 aliphatic rings. The first-order valence-corrected chi connectivity index (χ1v) is 20.3.